The monoisotopic (exact) mass is 1170 g/mol. The van der Waals surface area contributed by atoms with E-state index in [9.17, 15) is 0 Å². The summed E-state index contributed by atoms with van der Waals surface area (Å²) in [6.07, 6.45) is 8.88. The Bertz CT molecular complexity index is 5630. The highest BCUT2D eigenvalue weighted by atomic mass is 15.2. The number of para-hydroxylation sites is 2. The standard InChI is InChI=1S/C85H66BN5/c1-84(2,3)54-34-37-56(38-35-54)90-75-40-36-55(85(4,5)6)46-71(75)86-72-43-52(58-25-13-12-24-57(58)51-22-10-9-11-23-51)42-66-81-76(41-39-65-61-28-15-14-26-59(61)60-27-16-17-31-64(60)80(65)81)91(83(66)72)78-45-53(44-77(90)82(78)86)79-67(69-49-88(7)73-32-20-18-29-62(69)73)47-87-48-68(79)70-50-89(8)74-33-21-19-30-63(70)74/h9-50H,1-8H3. The van der Waals surface area contributed by atoms with Gasteiger partial charge in [-0.05, 0) is 148 Å². The SMILES string of the molecule is Cn1cc(-c2cncc(-c3cn(C)c4ccccc34)c2-c2cc3c4c(c2)-n2c5ccc6c7ccccc7c7ccccc7c6c5c5cc(-c6ccccc6-c6ccccc6)cc(c52)B4c2cc(C(C)(C)C)ccc2N3c2ccc(C(C)(C)C)cc2)c2ccccc21. The molecule has 2 aliphatic rings. The average molecular weight is 1170 g/mol. The number of benzene rings is 12. The van der Waals surface area contributed by atoms with E-state index in [4.69, 9.17) is 4.98 Å². The Morgan fingerprint density at radius 1 is 0.352 bits per heavy atom. The Morgan fingerprint density at radius 2 is 0.879 bits per heavy atom. The van der Waals surface area contributed by atoms with Crippen molar-refractivity contribution in [2.45, 2.75) is 52.4 Å². The molecule has 16 aromatic rings. The van der Waals surface area contributed by atoms with E-state index in [0.29, 0.717) is 0 Å². The van der Waals surface area contributed by atoms with Crippen LogP contribution < -0.4 is 21.3 Å². The van der Waals surface area contributed by atoms with Gasteiger partial charge in [-0.1, -0.05) is 217 Å². The first kappa shape index (κ1) is 53.4. The number of fused-ring (bicyclic) bond motifs is 16. The van der Waals surface area contributed by atoms with Gasteiger partial charge in [-0.25, -0.2) is 0 Å². The van der Waals surface area contributed by atoms with E-state index in [1.165, 1.54) is 137 Å². The molecule has 0 aliphatic carbocycles. The van der Waals surface area contributed by atoms with Gasteiger partial charge in [0.1, 0.15) is 0 Å². The summed E-state index contributed by atoms with van der Waals surface area (Å²) in [5.41, 5.74) is 27.3. The van der Waals surface area contributed by atoms with E-state index in [1.807, 2.05) is 0 Å². The van der Waals surface area contributed by atoms with Crippen LogP contribution in [0.5, 0.6) is 0 Å². The Morgan fingerprint density at radius 3 is 1.51 bits per heavy atom. The van der Waals surface area contributed by atoms with Crippen LogP contribution in [0.4, 0.5) is 17.1 Å². The fourth-order valence-corrected chi connectivity index (χ4v) is 16.1. The number of anilines is 3. The van der Waals surface area contributed by atoms with Crippen molar-refractivity contribution in [3.63, 3.8) is 0 Å². The molecule has 91 heavy (non-hydrogen) atoms. The number of nitrogens with zero attached hydrogens (tertiary/aromatic N) is 5. The maximum absolute atomic E-state index is 5.25. The van der Waals surface area contributed by atoms with Gasteiger partial charge in [0, 0.05) is 133 Å². The maximum Gasteiger partial charge on any atom is 0.252 e. The number of hydrogen-bond donors (Lipinski definition) is 0. The summed E-state index contributed by atoms with van der Waals surface area (Å²) in [5, 5.41) is 12.5. The first-order valence-corrected chi connectivity index (χ1v) is 32.1. The van der Waals surface area contributed by atoms with E-state index in [0.717, 1.165) is 44.8 Å². The van der Waals surface area contributed by atoms with E-state index < -0.39 is 0 Å². The zero-order valence-corrected chi connectivity index (χ0v) is 52.6. The second-order valence-electron chi connectivity index (χ2n) is 27.7. The first-order chi connectivity index (χ1) is 44.3. The van der Waals surface area contributed by atoms with Crippen LogP contribution in [0.3, 0.4) is 0 Å². The predicted octanol–water partition coefficient (Wildman–Crippen LogP) is 20.2. The summed E-state index contributed by atoms with van der Waals surface area (Å²) in [7, 11) is 4.34. The third kappa shape index (κ3) is 7.81. The summed E-state index contributed by atoms with van der Waals surface area (Å²) in [6.45, 7) is 13.9. The van der Waals surface area contributed by atoms with Gasteiger partial charge in [0.05, 0.1) is 5.52 Å². The number of aromatic nitrogens is 4. The van der Waals surface area contributed by atoms with Crippen molar-refractivity contribution < 1.29 is 0 Å². The molecule has 4 aromatic heterocycles. The molecule has 2 aliphatic heterocycles. The number of hydrogen-bond acceptors (Lipinski definition) is 2. The molecule has 0 atom stereocenters. The molecular weight excluding hydrogens is 1100 g/mol. The average Bonchev–Trinajstić information content (AvgIpc) is 1.60. The molecular formula is C85H66BN5. The van der Waals surface area contributed by atoms with Crippen LogP contribution in [0.1, 0.15) is 52.7 Å². The van der Waals surface area contributed by atoms with Crippen molar-refractivity contribution in [2.75, 3.05) is 4.90 Å². The molecule has 0 bridgehead atoms. The van der Waals surface area contributed by atoms with Crippen LogP contribution in [-0.2, 0) is 24.9 Å². The summed E-state index contributed by atoms with van der Waals surface area (Å²) in [5.74, 6) is 0. The van der Waals surface area contributed by atoms with E-state index in [1.54, 1.807) is 0 Å². The lowest BCUT2D eigenvalue weighted by molar-refractivity contribution is 0.590. The molecule has 0 amide bonds. The van der Waals surface area contributed by atoms with Gasteiger partial charge < -0.3 is 18.6 Å². The van der Waals surface area contributed by atoms with Crippen molar-refractivity contribution in [3.8, 4) is 61.3 Å². The molecule has 12 aromatic carbocycles. The van der Waals surface area contributed by atoms with Crippen molar-refractivity contribution in [1.82, 2.24) is 18.7 Å². The van der Waals surface area contributed by atoms with E-state index >= 15 is 0 Å². The summed E-state index contributed by atoms with van der Waals surface area (Å²) in [6, 6.07) is 87.8. The van der Waals surface area contributed by atoms with Gasteiger partial charge in [-0.3, -0.25) is 4.98 Å². The second kappa shape index (κ2) is 19.4. The van der Waals surface area contributed by atoms with Crippen LogP contribution in [0.25, 0.3) is 137 Å². The molecule has 18 rings (SSSR count). The topological polar surface area (TPSA) is 30.9 Å². The predicted molar refractivity (Wildman–Crippen MR) is 388 cm³/mol. The van der Waals surface area contributed by atoms with Crippen molar-refractivity contribution in [2.24, 2.45) is 14.1 Å². The van der Waals surface area contributed by atoms with Crippen LogP contribution in [0.2, 0.25) is 0 Å². The van der Waals surface area contributed by atoms with Gasteiger partial charge in [-0.2, -0.15) is 0 Å². The minimum Gasteiger partial charge on any atom is -0.350 e. The molecule has 6 heterocycles. The van der Waals surface area contributed by atoms with Gasteiger partial charge in [0.2, 0.25) is 0 Å². The lowest BCUT2D eigenvalue weighted by Crippen LogP contribution is -2.60. The lowest BCUT2D eigenvalue weighted by Gasteiger charge is -2.41. The normalized spacial score (nSPS) is 13.0. The van der Waals surface area contributed by atoms with E-state index in [2.05, 4.69) is 330 Å². The summed E-state index contributed by atoms with van der Waals surface area (Å²) >= 11 is 0. The molecule has 5 nitrogen and oxygen atoms in total. The lowest BCUT2D eigenvalue weighted by atomic mass is 9.33. The smallest absolute Gasteiger partial charge is 0.252 e. The number of pyridine rings is 1. The largest absolute Gasteiger partial charge is 0.350 e. The minimum absolute atomic E-state index is 0.0370. The van der Waals surface area contributed by atoms with Gasteiger partial charge in [0.25, 0.3) is 6.71 Å². The fraction of sp³-hybridized carbons (Fsp3) is 0.118. The van der Waals surface area contributed by atoms with Crippen molar-refractivity contribution in [1.29, 1.82) is 0 Å². The quantitative estimate of drug-likeness (QED) is 0.123. The van der Waals surface area contributed by atoms with Crippen LogP contribution in [-0.4, -0.2) is 25.4 Å². The van der Waals surface area contributed by atoms with Crippen molar-refractivity contribution in [3.05, 3.63) is 266 Å². The molecule has 434 valence electrons. The van der Waals surface area contributed by atoms with Gasteiger partial charge in [0.15, 0.2) is 0 Å². The highest BCUT2D eigenvalue weighted by Gasteiger charge is 2.44. The highest BCUT2D eigenvalue weighted by Crippen LogP contribution is 2.52. The Balaban J connectivity index is 1.05. The first-order valence-electron chi connectivity index (χ1n) is 32.1. The molecule has 0 radical (unpaired) electrons. The molecule has 0 unspecified atom stereocenters. The molecule has 0 saturated heterocycles. The zero-order chi connectivity index (χ0) is 61.3. The van der Waals surface area contributed by atoms with Crippen LogP contribution in [0.15, 0.2) is 255 Å². The number of aryl methyl sites for hydroxylation is 2. The third-order valence-electron chi connectivity index (χ3n) is 20.3. The van der Waals surface area contributed by atoms with Crippen LogP contribution >= 0.6 is 0 Å². The fourth-order valence-electron chi connectivity index (χ4n) is 16.1. The number of rotatable bonds is 6. The highest BCUT2D eigenvalue weighted by molar-refractivity contribution is 7.00. The summed E-state index contributed by atoms with van der Waals surface area (Å²) < 4.78 is 7.25. The maximum atomic E-state index is 5.25. The summed E-state index contributed by atoms with van der Waals surface area (Å²) in [4.78, 5) is 7.86. The second-order valence-corrected chi connectivity index (χ2v) is 27.7. The Kier molecular flexibility index (Phi) is 11.4. The molecule has 0 fully saturated rings. The molecule has 6 heteroatoms. The Hall–Kier alpha value is -10.7. The van der Waals surface area contributed by atoms with Crippen LogP contribution in [0, 0.1) is 0 Å². The van der Waals surface area contributed by atoms with E-state index in [-0.39, 0.29) is 17.5 Å². The van der Waals surface area contributed by atoms with Crippen molar-refractivity contribution >= 4 is 116 Å². The molecule has 0 spiro atoms. The molecule has 0 saturated carbocycles. The zero-order valence-electron chi connectivity index (χ0n) is 52.6. The minimum atomic E-state index is -0.166. The van der Waals surface area contributed by atoms with Gasteiger partial charge >= 0.3 is 0 Å². The van der Waals surface area contributed by atoms with Gasteiger partial charge in [-0.15, -0.1) is 0 Å². The third-order valence-corrected chi connectivity index (χ3v) is 20.3. The molecule has 0 N–H and O–H groups in total. The Labute approximate surface area is 530 Å².